The second kappa shape index (κ2) is 7.72. The van der Waals surface area contributed by atoms with Gasteiger partial charge in [-0.2, -0.15) is 0 Å². The van der Waals surface area contributed by atoms with Crippen molar-refractivity contribution in [1.82, 2.24) is 0 Å². The zero-order valence-electron chi connectivity index (χ0n) is 13.2. The van der Waals surface area contributed by atoms with Gasteiger partial charge in [0.25, 0.3) is 5.91 Å². The van der Waals surface area contributed by atoms with Crippen LogP contribution in [0.25, 0.3) is 0 Å². The molecule has 24 heavy (non-hydrogen) atoms. The zero-order valence-corrected chi connectivity index (χ0v) is 13.2. The van der Waals surface area contributed by atoms with E-state index in [4.69, 9.17) is 9.47 Å². The number of amides is 1. The molecule has 1 N–H and O–H groups in total. The molecule has 4 nitrogen and oxygen atoms in total. The van der Waals surface area contributed by atoms with E-state index in [1.807, 2.05) is 6.92 Å². The number of rotatable bonds is 6. The maximum atomic E-state index is 13.7. The molecule has 0 aromatic heterocycles. The lowest BCUT2D eigenvalue weighted by Gasteiger charge is -2.13. The molecular weight excluding hydrogens is 323 g/mol. The Bertz CT molecular complexity index is 750. The Kier molecular flexibility index (Phi) is 5.68. The van der Waals surface area contributed by atoms with E-state index in [1.54, 1.807) is 13.0 Å². The van der Waals surface area contributed by atoms with Gasteiger partial charge in [0, 0.05) is 11.8 Å². The minimum Gasteiger partial charge on any atom is -0.490 e. The molecule has 0 heterocycles. The molecule has 1 amide bonds. The number of nitrogens with one attached hydrogen (secondary N) is 1. The van der Waals surface area contributed by atoms with Crippen molar-refractivity contribution in [3.8, 4) is 11.5 Å². The lowest BCUT2D eigenvalue weighted by Crippen LogP contribution is -2.15. The molecule has 0 radical (unpaired) electrons. The number of hydrogen-bond donors (Lipinski definition) is 1. The maximum absolute atomic E-state index is 13.7. The third-order valence-electron chi connectivity index (χ3n) is 3.08. The molecule has 0 saturated carbocycles. The van der Waals surface area contributed by atoms with Crippen LogP contribution < -0.4 is 14.8 Å². The summed E-state index contributed by atoms with van der Waals surface area (Å²) in [7, 11) is 0. The lowest BCUT2D eigenvalue weighted by atomic mass is 10.1. The number of halogens is 3. The van der Waals surface area contributed by atoms with E-state index in [1.165, 1.54) is 12.1 Å². The minimum absolute atomic E-state index is 0.302. The van der Waals surface area contributed by atoms with E-state index in [2.05, 4.69) is 5.32 Å². The molecule has 0 aliphatic carbocycles. The maximum Gasteiger partial charge on any atom is 0.258 e. The van der Waals surface area contributed by atoms with Crippen LogP contribution in [0.2, 0.25) is 0 Å². The number of carbonyl (C=O) groups is 1. The quantitative estimate of drug-likeness (QED) is 0.804. The summed E-state index contributed by atoms with van der Waals surface area (Å²) in [6.45, 7) is 4.43. The summed E-state index contributed by atoms with van der Waals surface area (Å²) < 4.78 is 50.6. The van der Waals surface area contributed by atoms with Gasteiger partial charge in [-0.1, -0.05) is 0 Å². The van der Waals surface area contributed by atoms with Crippen molar-refractivity contribution in [1.29, 1.82) is 0 Å². The van der Waals surface area contributed by atoms with Gasteiger partial charge in [0.1, 0.15) is 0 Å². The molecule has 0 bridgehead atoms. The van der Waals surface area contributed by atoms with Crippen molar-refractivity contribution >= 4 is 11.6 Å². The van der Waals surface area contributed by atoms with Crippen molar-refractivity contribution in [3.63, 3.8) is 0 Å². The molecule has 0 fully saturated rings. The fraction of sp³-hybridized carbons (Fsp3) is 0.235. The SMILES string of the molecule is CCOc1ccc(NC(=O)c2ccc(F)c(F)c2F)cc1OCC. The molecule has 0 atom stereocenters. The van der Waals surface area contributed by atoms with Crippen LogP contribution in [0.1, 0.15) is 24.2 Å². The number of carbonyl (C=O) groups excluding carboxylic acids is 1. The summed E-state index contributed by atoms with van der Waals surface area (Å²) in [4.78, 5) is 12.1. The van der Waals surface area contributed by atoms with Gasteiger partial charge in [-0.3, -0.25) is 4.79 Å². The van der Waals surface area contributed by atoms with Crippen LogP contribution in [-0.2, 0) is 0 Å². The smallest absolute Gasteiger partial charge is 0.258 e. The number of anilines is 1. The first-order valence-electron chi connectivity index (χ1n) is 7.32. The molecule has 2 aromatic carbocycles. The zero-order chi connectivity index (χ0) is 17.7. The van der Waals surface area contributed by atoms with Gasteiger partial charge in [0.15, 0.2) is 29.0 Å². The standard InChI is InChI=1S/C17H16F3NO3/c1-3-23-13-8-5-10(9-14(13)24-4-2)21-17(22)11-6-7-12(18)16(20)15(11)19/h5-9H,3-4H2,1-2H3,(H,21,22). The van der Waals surface area contributed by atoms with Crippen LogP contribution in [0.4, 0.5) is 18.9 Å². The van der Waals surface area contributed by atoms with Crippen molar-refractivity contribution in [2.24, 2.45) is 0 Å². The fourth-order valence-electron chi connectivity index (χ4n) is 2.03. The van der Waals surface area contributed by atoms with Crippen LogP contribution in [0.5, 0.6) is 11.5 Å². The Balaban J connectivity index is 2.26. The van der Waals surface area contributed by atoms with Crippen LogP contribution >= 0.6 is 0 Å². The molecule has 0 saturated heterocycles. The van der Waals surface area contributed by atoms with Crippen molar-refractivity contribution in [2.75, 3.05) is 18.5 Å². The molecule has 7 heteroatoms. The number of benzene rings is 2. The van der Waals surface area contributed by atoms with Crippen LogP contribution in [0.15, 0.2) is 30.3 Å². The van der Waals surface area contributed by atoms with E-state index in [0.29, 0.717) is 36.5 Å². The largest absolute Gasteiger partial charge is 0.490 e. The second-order valence-corrected chi connectivity index (χ2v) is 4.70. The minimum atomic E-state index is -1.69. The van der Waals surface area contributed by atoms with Crippen molar-refractivity contribution in [3.05, 3.63) is 53.3 Å². The highest BCUT2D eigenvalue weighted by Gasteiger charge is 2.19. The summed E-state index contributed by atoms with van der Waals surface area (Å²) >= 11 is 0. The van der Waals surface area contributed by atoms with Gasteiger partial charge >= 0.3 is 0 Å². The van der Waals surface area contributed by atoms with E-state index >= 15 is 0 Å². The Morgan fingerprint density at radius 1 is 0.958 bits per heavy atom. The molecule has 0 aliphatic rings. The average Bonchev–Trinajstić information content (AvgIpc) is 2.55. The summed E-state index contributed by atoms with van der Waals surface area (Å²) in [5, 5.41) is 2.41. The Morgan fingerprint density at radius 3 is 2.29 bits per heavy atom. The van der Waals surface area contributed by atoms with Crippen LogP contribution in [0.3, 0.4) is 0 Å². The van der Waals surface area contributed by atoms with Gasteiger partial charge < -0.3 is 14.8 Å². The first-order valence-corrected chi connectivity index (χ1v) is 7.32. The molecule has 0 unspecified atom stereocenters. The first-order chi connectivity index (χ1) is 11.5. The lowest BCUT2D eigenvalue weighted by molar-refractivity contribution is 0.102. The van der Waals surface area contributed by atoms with E-state index in [-0.39, 0.29) is 0 Å². The predicted molar refractivity (Wildman–Crippen MR) is 83.0 cm³/mol. The number of hydrogen-bond acceptors (Lipinski definition) is 3. The van der Waals surface area contributed by atoms with Crippen molar-refractivity contribution in [2.45, 2.75) is 13.8 Å². The monoisotopic (exact) mass is 339 g/mol. The summed E-state index contributed by atoms with van der Waals surface area (Å²) in [6, 6.07) is 6.19. The second-order valence-electron chi connectivity index (χ2n) is 4.70. The van der Waals surface area contributed by atoms with E-state index < -0.39 is 28.9 Å². The average molecular weight is 339 g/mol. The van der Waals surface area contributed by atoms with E-state index in [0.717, 1.165) is 6.07 Å². The molecule has 2 aromatic rings. The molecule has 0 aliphatic heterocycles. The summed E-state index contributed by atoms with van der Waals surface area (Å²) in [5.41, 5.74) is -0.295. The summed E-state index contributed by atoms with van der Waals surface area (Å²) in [6.07, 6.45) is 0. The molecule has 0 spiro atoms. The fourth-order valence-corrected chi connectivity index (χ4v) is 2.03. The topological polar surface area (TPSA) is 47.6 Å². The Hall–Kier alpha value is -2.70. The molecule has 128 valence electrons. The van der Waals surface area contributed by atoms with Gasteiger partial charge in [0.05, 0.1) is 18.8 Å². The third kappa shape index (κ3) is 3.79. The predicted octanol–water partition coefficient (Wildman–Crippen LogP) is 4.15. The van der Waals surface area contributed by atoms with Gasteiger partial charge in [-0.05, 0) is 38.1 Å². The van der Waals surface area contributed by atoms with Gasteiger partial charge in [-0.25, -0.2) is 13.2 Å². The Labute approximate surface area is 137 Å². The van der Waals surface area contributed by atoms with Gasteiger partial charge in [0.2, 0.25) is 0 Å². The number of ether oxygens (including phenoxy) is 2. The normalized spacial score (nSPS) is 10.4. The summed E-state index contributed by atoms with van der Waals surface area (Å²) in [5.74, 6) is -4.59. The highest BCUT2D eigenvalue weighted by atomic mass is 19.2. The van der Waals surface area contributed by atoms with E-state index in [9.17, 15) is 18.0 Å². The first kappa shape index (κ1) is 17.7. The van der Waals surface area contributed by atoms with Crippen LogP contribution in [-0.4, -0.2) is 19.1 Å². The highest BCUT2D eigenvalue weighted by Crippen LogP contribution is 2.31. The Morgan fingerprint density at radius 2 is 1.62 bits per heavy atom. The van der Waals surface area contributed by atoms with Crippen molar-refractivity contribution < 1.29 is 27.4 Å². The molecular formula is C17H16F3NO3. The van der Waals surface area contributed by atoms with Crippen LogP contribution in [0, 0.1) is 17.5 Å². The van der Waals surface area contributed by atoms with Gasteiger partial charge in [-0.15, -0.1) is 0 Å². The highest BCUT2D eigenvalue weighted by molar-refractivity contribution is 6.04. The third-order valence-corrected chi connectivity index (χ3v) is 3.08. The molecule has 2 rings (SSSR count).